The van der Waals surface area contributed by atoms with E-state index in [2.05, 4.69) is 0 Å². The minimum Gasteiger partial charge on any atom is -0.456 e. The third kappa shape index (κ3) is 6.41. The molecule has 0 aliphatic rings. The fraction of sp³-hybridized carbons (Fsp3) is 0.895. The Bertz CT molecular complexity index is 386. The summed E-state index contributed by atoms with van der Waals surface area (Å²) in [5.74, 6) is -3.51. The number of carbonyl (C=O) groups excluding carboxylic acids is 2. The van der Waals surface area contributed by atoms with Gasteiger partial charge in [-0.2, -0.15) is 0 Å². The lowest BCUT2D eigenvalue weighted by Gasteiger charge is -2.37. The number of hydrogen-bond acceptors (Lipinski definition) is 8. The van der Waals surface area contributed by atoms with Crippen LogP contribution in [-0.4, -0.2) is 64.2 Å². The van der Waals surface area contributed by atoms with E-state index in [9.17, 15) is 9.59 Å². The minimum atomic E-state index is -1.05. The van der Waals surface area contributed by atoms with Crippen LogP contribution in [0.15, 0.2) is 0 Å². The van der Waals surface area contributed by atoms with E-state index in [1.165, 1.54) is 28.4 Å². The molecule has 0 rings (SSSR count). The van der Waals surface area contributed by atoms with Gasteiger partial charge in [0.15, 0.2) is 12.2 Å². The second kappa shape index (κ2) is 12.3. The molecule has 8 nitrogen and oxygen atoms in total. The third-order valence-corrected chi connectivity index (χ3v) is 4.93. The molecule has 0 radical (unpaired) electrons. The Balaban J connectivity index is 5.01. The zero-order valence-electron chi connectivity index (χ0n) is 18.0. The number of rotatable bonds is 14. The summed E-state index contributed by atoms with van der Waals surface area (Å²) in [6.45, 7) is 7.42. The van der Waals surface area contributed by atoms with Crippen LogP contribution in [0.1, 0.15) is 59.8 Å². The molecule has 0 N–H and O–H groups in total. The summed E-state index contributed by atoms with van der Waals surface area (Å²) in [4.78, 5) is 24.5. The highest BCUT2D eigenvalue weighted by atomic mass is 16.7. The normalized spacial score (nSPS) is 14.5. The highest BCUT2D eigenvalue weighted by Crippen LogP contribution is 2.28. The molecule has 0 spiro atoms. The van der Waals surface area contributed by atoms with Crippen LogP contribution in [0.2, 0.25) is 0 Å². The molecule has 0 aromatic carbocycles. The van der Waals surface area contributed by atoms with Crippen LogP contribution >= 0.6 is 0 Å². The molecule has 0 saturated carbocycles. The van der Waals surface area contributed by atoms with Gasteiger partial charge in [-0.05, 0) is 12.8 Å². The second-order valence-electron chi connectivity index (χ2n) is 6.10. The third-order valence-electron chi connectivity index (χ3n) is 4.93. The van der Waals surface area contributed by atoms with Crippen LogP contribution in [0.3, 0.4) is 0 Å². The number of hydrogen-bond donors (Lipinski definition) is 0. The molecule has 0 bridgehead atoms. The Morgan fingerprint density at radius 2 is 0.963 bits per heavy atom. The molecule has 160 valence electrons. The lowest BCUT2D eigenvalue weighted by molar-refractivity contribution is -0.270. The van der Waals surface area contributed by atoms with E-state index in [0.29, 0.717) is 25.7 Å². The maximum atomic E-state index is 12.2. The first kappa shape index (κ1) is 25.8. The average molecular weight is 392 g/mol. The van der Waals surface area contributed by atoms with Gasteiger partial charge in [-0.15, -0.1) is 0 Å². The van der Waals surface area contributed by atoms with Gasteiger partial charge in [-0.25, -0.2) is 0 Å². The molecule has 0 aromatic rings. The van der Waals surface area contributed by atoms with Crippen molar-refractivity contribution in [1.82, 2.24) is 0 Å². The monoisotopic (exact) mass is 392 g/mol. The minimum absolute atomic E-state index is 0.472. The topological polar surface area (TPSA) is 89.5 Å². The fourth-order valence-corrected chi connectivity index (χ4v) is 3.21. The van der Waals surface area contributed by atoms with E-state index in [0.717, 1.165) is 0 Å². The van der Waals surface area contributed by atoms with E-state index >= 15 is 0 Å². The Morgan fingerprint density at radius 1 is 0.667 bits per heavy atom. The van der Waals surface area contributed by atoms with Gasteiger partial charge >= 0.3 is 11.9 Å². The Labute approximate surface area is 162 Å². The molecule has 2 unspecified atom stereocenters. The Kier molecular flexibility index (Phi) is 11.7. The van der Waals surface area contributed by atoms with E-state index in [4.69, 9.17) is 28.4 Å². The molecule has 0 aromatic heterocycles. The van der Waals surface area contributed by atoms with Crippen LogP contribution in [0.5, 0.6) is 0 Å². The number of ether oxygens (including phenoxy) is 6. The number of esters is 2. The molecular formula is C19H36O8. The van der Waals surface area contributed by atoms with Gasteiger partial charge < -0.3 is 28.4 Å². The van der Waals surface area contributed by atoms with Crippen LogP contribution in [-0.2, 0) is 38.0 Å². The van der Waals surface area contributed by atoms with Gasteiger partial charge in [-0.3, -0.25) is 9.59 Å². The van der Waals surface area contributed by atoms with E-state index < -0.39 is 42.1 Å². The molecule has 2 atom stereocenters. The van der Waals surface area contributed by atoms with Crippen LogP contribution in [0.25, 0.3) is 0 Å². The molecule has 0 heterocycles. The standard InChI is InChI=1S/C19H36O8/c1-9-14(18(11-3,22-5)23-6)26-16(20)13-17(21)27-15(10-2)19(12-4,24-7)25-8/h14-15H,9-13H2,1-8H3. The first-order chi connectivity index (χ1) is 12.8. The summed E-state index contributed by atoms with van der Waals surface area (Å²) in [6.07, 6.45) is 0.0947. The van der Waals surface area contributed by atoms with Gasteiger partial charge in [0.2, 0.25) is 11.6 Å². The summed E-state index contributed by atoms with van der Waals surface area (Å²) in [6, 6.07) is 0. The van der Waals surface area contributed by atoms with Crippen molar-refractivity contribution < 1.29 is 38.0 Å². The Hall–Kier alpha value is -1.22. The molecule has 0 aliphatic heterocycles. The van der Waals surface area contributed by atoms with Crippen molar-refractivity contribution >= 4 is 11.9 Å². The predicted molar refractivity (Wildman–Crippen MR) is 99.0 cm³/mol. The summed E-state index contributed by atoms with van der Waals surface area (Å²) in [5.41, 5.74) is 0. The molecule has 0 amide bonds. The number of carbonyl (C=O) groups is 2. The highest BCUT2D eigenvalue weighted by molar-refractivity contribution is 5.91. The molecular weight excluding hydrogens is 356 g/mol. The molecule has 0 saturated heterocycles. The zero-order valence-corrected chi connectivity index (χ0v) is 18.0. The summed E-state index contributed by atoms with van der Waals surface area (Å²) >= 11 is 0. The first-order valence-corrected chi connectivity index (χ1v) is 9.37. The largest absolute Gasteiger partial charge is 0.456 e. The molecule has 27 heavy (non-hydrogen) atoms. The van der Waals surface area contributed by atoms with Crippen molar-refractivity contribution in [2.45, 2.75) is 83.6 Å². The van der Waals surface area contributed by atoms with Gasteiger partial charge in [0, 0.05) is 41.3 Å². The predicted octanol–water partition coefficient (Wildman–Crippen LogP) is 2.82. The second-order valence-corrected chi connectivity index (χ2v) is 6.10. The van der Waals surface area contributed by atoms with Crippen molar-refractivity contribution in [1.29, 1.82) is 0 Å². The highest BCUT2D eigenvalue weighted by Gasteiger charge is 2.41. The summed E-state index contributed by atoms with van der Waals surface area (Å²) < 4.78 is 32.5. The van der Waals surface area contributed by atoms with Crippen LogP contribution in [0, 0.1) is 0 Å². The van der Waals surface area contributed by atoms with Crippen LogP contribution < -0.4 is 0 Å². The van der Waals surface area contributed by atoms with Gasteiger partial charge in [-0.1, -0.05) is 27.7 Å². The fourth-order valence-electron chi connectivity index (χ4n) is 3.21. The van der Waals surface area contributed by atoms with Gasteiger partial charge in [0.25, 0.3) is 0 Å². The zero-order chi connectivity index (χ0) is 21.1. The smallest absolute Gasteiger partial charge is 0.317 e. The maximum Gasteiger partial charge on any atom is 0.317 e. The van der Waals surface area contributed by atoms with E-state index in [-0.39, 0.29) is 0 Å². The molecule has 0 aliphatic carbocycles. The van der Waals surface area contributed by atoms with Crippen molar-refractivity contribution in [3.8, 4) is 0 Å². The van der Waals surface area contributed by atoms with Crippen molar-refractivity contribution in [3.05, 3.63) is 0 Å². The lowest BCUT2D eigenvalue weighted by Crippen LogP contribution is -2.48. The van der Waals surface area contributed by atoms with Crippen molar-refractivity contribution in [3.63, 3.8) is 0 Å². The Morgan fingerprint density at radius 3 is 1.15 bits per heavy atom. The first-order valence-electron chi connectivity index (χ1n) is 9.37. The number of methoxy groups -OCH3 is 4. The van der Waals surface area contributed by atoms with Gasteiger partial charge in [0.1, 0.15) is 6.42 Å². The van der Waals surface area contributed by atoms with E-state index in [1.54, 1.807) is 0 Å². The molecule has 0 fully saturated rings. The lowest BCUT2D eigenvalue weighted by atomic mass is 10.0. The molecule has 8 heteroatoms. The summed E-state index contributed by atoms with van der Waals surface area (Å²) in [5, 5.41) is 0. The van der Waals surface area contributed by atoms with E-state index in [1.807, 2.05) is 27.7 Å². The SMILES string of the molecule is CCC(OC(=O)CC(=O)OC(CC)C(CC)(OC)OC)C(CC)(OC)OC. The maximum absolute atomic E-state index is 12.2. The van der Waals surface area contributed by atoms with Crippen molar-refractivity contribution in [2.24, 2.45) is 0 Å². The summed E-state index contributed by atoms with van der Waals surface area (Å²) in [7, 11) is 5.96. The van der Waals surface area contributed by atoms with Crippen molar-refractivity contribution in [2.75, 3.05) is 28.4 Å². The quantitative estimate of drug-likeness (QED) is 0.253. The van der Waals surface area contributed by atoms with Crippen LogP contribution in [0.4, 0.5) is 0 Å². The average Bonchev–Trinajstić information content (AvgIpc) is 2.69. The van der Waals surface area contributed by atoms with Gasteiger partial charge in [0.05, 0.1) is 0 Å².